The van der Waals surface area contributed by atoms with Gasteiger partial charge in [-0.1, -0.05) is 24.3 Å². The molecule has 0 fully saturated rings. The molecule has 0 radical (unpaired) electrons. The standard InChI is InChI=1S/C19H25NO4/c1-13(10-14-8-9-18(23-2)19(11-14)24-3)20-12-17(22)15-6-4-5-7-16(15)21/h4-9,11,13,17,20-22H,10,12H2,1-3H3/t13?,17-/m0/s1. The molecule has 0 bridgehead atoms. The van der Waals surface area contributed by atoms with Gasteiger partial charge in [0.25, 0.3) is 0 Å². The van der Waals surface area contributed by atoms with Gasteiger partial charge in [0.05, 0.1) is 20.3 Å². The Morgan fingerprint density at radius 1 is 1.04 bits per heavy atom. The van der Waals surface area contributed by atoms with Gasteiger partial charge in [-0.2, -0.15) is 0 Å². The van der Waals surface area contributed by atoms with Crippen molar-refractivity contribution in [3.05, 3.63) is 53.6 Å². The highest BCUT2D eigenvalue weighted by Crippen LogP contribution is 2.28. The molecule has 2 aromatic rings. The maximum Gasteiger partial charge on any atom is 0.160 e. The molecule has 0 saturated carbocycles. The molecular weight excluding hydrogens is 306 g/mol. The maximum absolute atomic E-state index is 10.2. The fraction of sp³-hybridized carbons (Fsp3) is 0.368. The number of rotatable bonds is 8. The molecule has 0 spiro atoms. The van der Waals surface area contributed by atoms with Gasteiger partial charge in [-0.3, -0.25) is 0 Å². The zero-order valence-corrected chi connectivity index (χ0v) is 14.3. The van der Waals surface area contributed by atoms with Crippen molar-refractivity contribution in [1.29, 1.82) is 0 Å². The lowest BCUT2D eigenvalue weighted by atomic mass is 10.0. The number of hydrogen-bond acceptors (Lipinski definition) is 5. The lowest BCUT2D eigenvalue weighted by Crippen LogP contribution is -2.32. The number of nitrogens with one attached hydrogen (secondary N) is 1. The van der Waals surface area contributed by atoms with Crippen LogP contribution in [0.3, 0.4) is 0 Å². The largest absolute Gasteiger partial charge is 0.508 e. The molecule has 0 heterocycles. The van der Waals surface area contributed by atoms with Crippen LogP contribution >= 0.6 is 0 Å². The van der Waals surface area contributed by atoms with E-state index in [1.807, 2.05) is 25.1 Å². The Morgan fingerprint density at radius 3 is 2.42 bits per heavy atom. The van der Waals surface area contributed by atoms with Crippen LogP contribution in [0.25, 0.3) is 0 Å². The van der Waals surface area contributed by atoms with E-state index in [9.17, 15) is 10.2 Å². The van der Waals surface area contributed by atoms with Gasteiger partial charge in [0, 0.05) is 18.2 Å². The number of phenolic OH excluding ortho intramolecular Hbond substituents is 1. The first kappa shape index (κ1) is 18.1. The molecule has 5 heteroatoms. The molecule has 0 aromatic heterocycles. The van der Waals surface area contributed by atoms with Crippen molar-refractivity contribution in [1.82, 2.24) is 5.32 Å². The molecule has 3 N–H and O–H groups in total. The van der Waals surface area contributed by atoms with Gasteiger partial charge >= 0.3 is 0 Å². The van der Waals surface area contributed by atoms with Gasteiger partial charge in [-0.05, 0) is 37.1 Å². The molecular formula is C19H25NO4. The highest BCUT2D eigenvalue weighted by Gasteiger charge is 2.13. The molecule has 0 aliphatic carbocycles. The summed E-state index contributed by atoms with van der Waals surface area (Å²) >= 11 is 0. The van der Waals surface area contributed by atoms with E-state index in [0.29, 0.717) is 23.6 Å². The summed E-state index contributed by atoms with van der Waals surface area (Å²) in [5.74, 6) is 1.52. The third-order valence-corrected chi connectivity index (χ3v) is 3.95. The third-order valence-electron chi connectivity index (χ3n) is 3.95. The summed E-state index contributed by atoms with van der Waals surface area (Å²) in [5, 5.41) is 23.3. The average molecular weight is 331 g/mol. The molecule has 24 heavy (non-hydrogen) atoms. The molecule has 2 rings (SSSR count). The van der Waals surface area contributed by atoms with Crippen LogP contribution in [0.15, 0.2) is 42.5 Å². The van der Waals surface area contributed by atoms with Gasteiger partial charge in [-0.25, -0.2) is 0 Å². The summed E-state index contributed by atoms with van der Waals surface area (Å²) in [6.07, 6.45) is 0.0347. The van der Waals surface area contributed by atoms with E-state index < -0.39 is 6.10 Å². The summed E-state index contributed by atoms with van der Waals surface area (Å²) in [7, 11) is 3.23. The van der Waals surface area contributed by atoms with Crippen LogP contribution in [-0.4, -0.2) is 37.0 Å². The van der Waals surface area contributed by atoms with Crippen molar-refractivity contribution >= 4 is 0 Å². The van der Waals surface area contributed by atoms with Crippen LogP contribution in [0.4, 0.5) is 0 Å². The van der Waals surface area contributed by atoms with Crippen molar-refractivity contribution in [2.45, 2.75) is 25.5 Å². The Hall–Kier alpha value is -2.24. The molecule has 130 valence electrons. The number of para-hydroxylation sites is 1. The predicted molar refractivity (Wildman–Crippen MR) is 93.8 cm³/mol. The minimum atomic E-state index is -0.751. The van der Waals surface area contributed by atoms with Crippen molar-refractivity contribution in [3.8, 4) is 17.2 Å². The monoisotopic (exact) mass is 331 g/mol. The number of benzene rings is 2. The minimum Gasteiger partial charge on any atom is -0.508 e. The molecule has 0 aliphatic heterocycles. The second-order valence-corrected chi connectivity index (χ2v) is 5.78. The first-order valence-electron chi connectivity index (χ1n) is 7.95. The van der Waals surface area contributed by atoms with E-state index in [1.54, 1.807) is 38.5 Å². The Bertz CT molecular complexity index is 660. The molecule has 2 atom stereocenters. The minimum absolute atomic E-state index is 0.111. The van der Waals surface area contributed by atoms with Crippen LogP contribution < -0.4 is 14.8 Å². The van der Waals surface area contributed by atoms with E-state index >= 15 is 0 Å². The van der Waals surface area contributed by atoms with E-state index in [2.05, 4.69) is 5.32 Å². The fourth-order valence-corrected chi connectivity index (χ4v) is 2.63. The first-order valence-corrected chi connectivity index (χ1v) is 7.95. The van der Waals surface area contributed by atoms with Crippen LogP contribution in [-0.2, 0) is 6.42 Å². The number of aromatic hydroxyl groups is 1. The van der Waals surface area contributed by atoms with E-state index in [1.165, 1.54) is 0 Å². The van der Waals surface area contributed by atoms with Crippen molar-refractivity contribution in [2.75, 3.05) is 20.8 Å². The summed E-state index contributed by atoms with van der Waals surface area (Å²) in [6.45, 7) is 2.42. The molecule has 0 amide bonds. The number of ether oxygens (including phenoxy) is 2. The van der Waals surface area contributed by atoms with Crippen LogP contribution in [0.2, 0.25) is 0 Å². The Balaban J connectivity index is 1.91. The fourth-order valence-electron chi connectivity index (χ4n) is 2.63. The number of aliphatic hydroxyl groups is 1. The topological polar surface area (TPSA) is 71.0 Å². The van der Waals surface area contributed by atoms with E-state index in [-0.39, 0.29) is 11.8 Å². The van der Waals surface area contributed by atoms with Gasteiger partial charge in [-0.15, -0.1) is 0 Å². The molecule has 0 aliphatic rings. The number of methoxy groups -OCH3 is 2. The van der Waals surface area contributed by atoms with Crippen molar-refractivity contribution in [2.24, 2.45) is 0 Å². The predicted octanol–water partition coefficient (Wildman–Crippen LogP) is 2.66. The lowest BCUT2D eigenvalue weighted by molar-refractivity contribution is 0.167. The lowest BCUT2D eigenvalue weighted by Gasteiger charge is -2.18. The molecule has 0 saturated heterocycles. The van der Waals surface area contributed by atoms with E-state index in [0.717, 1.165) is 12.0 Å². The Labute approximate surface area is 142 Å². The Kier molecular flexibility index (Phi) is 6.46. The molecule has 5 nitrogen and oxygen atoms in total. The van der Waals surface area contributed by atoms with Crippen LogP contribution in [0, 0.1) is 0 Å². The number of phenols is 1. The zero-order valence-electron chi connectivity index (χ0n) is 14.3. The number of hydrogen-bond donors (Lipinski definition) is 3. The van der Waals surface area contributed by atoms with Gasteiger partial charge in [0.15, 0.2) is 11.5 Å². The Morgan fingerprint density at radius 2 is 1.75 bits per heavy atom. The summed E-state index contributed by atoms with van der Waals surface area (Å²) in [5.41, 5.74) is 1.65. The maximum atomic E-state index is 10.2. The number of aliphatic hydroxyl groups excluding tert-OH is 1. The SMILES string of the molecule is COc1ccc(CC(C)NC[C@H](O)c2ccccc2O)cc1OC. The van der Waals surface area contributed by atoms with Crippen molar-refractivity contribution in [3.63, 3.8) is 0 Å². The average Bonchev–Trinajstić information content (AvgIpc) is 2.60. The normalized spacial score (nSPS) is 13.3. The summed E-state index contributed by atoms with van der Waals surface area (Å²) < 4.78 is 10.6. The van der Waals surface area contributed by atoms with Crippen LogP contribution in [0.1, 0.15) is 24.2 Å². The molecule has 2 aromatic carbocycles. The summed E-state index contributed by atoms with van der Waals surface area (Å²) in [4.78, 5) is 0. The van der Waals surface area contributed by atoms with Gasteiger partial charge in [0.2, 0.25) is 0 Å². The molecule has 1 unspecified atom stereocenters. The van der Waals surface area contributed by atoms with Gasteiger partial charge < -0.3 is 25.0 Å². The quantitative estimate of drug-likeness (QED) is 0.694. The van der Waals surface area contributed by atoms with Gasteiger partial charge in [0.1, 0.15) is 5.75 Å². The summed E-state index contributed by atoms with van der Waals surface area (Å²) in [6, 6.07) is 12.8. The highest BCUT2D eigenvalue weighted by atomic mass is 16.5. The van der Waals surface area contributed by atoms with Crippen LogP contribution in [0.5, 0.6) is 17.2 Å². The first-order chi connectivity index (χ1) is 11.5. The highest BCUT2D eigenvalue weighted by molar-refractivity contribution is 5.43. The third kappa shape index (κ3) is 4.63. The van der Waals surface area contributed by atoms with Crippen molar-refractivity contribution < 1.29 is 19.7 Å². The second-order valence-electron chi connectivity index (χ2n) is 5.78. The van der Waals surface area contributed by atoms with E-state index in [4.69, 9.17) is 9.47 Å². The second kappa shape index (κ2) is 8.57. The zero-order chi connectivity index (χ0) is 17.5. The smallest absolute Gasteiger partial charge is 0.160 e.